The summed E-state index contributed by atoms with van der Waals surface area (Å²) in [4.78, 5) is 29.0. The lowest BCUT2D eigenvalue weighted by Gasteiger charge is -2.14. The van der Waals surface area contributed by atoms with Gasteiger partial charge in [-0.1, -0.05) is 25.1 Å². The molecule has 5 heteroatoms. The molecule has 0 aliphatic carbocycles. The van der Waals surface area contributed by atoms with Gasteiger partial charge in [0.15, 0.2) is 0 Å². The van der Waals surface area contributed by atoms with Gasteiger partial charge in [0.2, 0.25) is 5.91 Å². The highest BCUT2D eigenvalue weighted by molar-refractivity contribution is 6.08. The van der Waals surface area contributed by atoms with Gasteiger partial charge in [0, 0.05) is 17.1 Å². The molecular formula is C18H23N3O2. The molecule has 0 radical (unpaired) electrons. The van der Waals surface area contributed by atoms with Crippen molar-refractivity contribution in [2.24, 2.45) is 0 Å². The third kappa shape index (κ3) is 3.86. The average molecular weight is 313 g/mol. The molecule has 2 N–H and O–H groups in total. The van der Waals surface area contributed by atoms with E-state index in [2.05, 4.69) is 15.6 Å². The highest BCUT2D eigenvalue weighted by atomic mass is 16.2. The topological polar surface area (TPSA) is 71.1 Å². The Labute approximate surface area is 136 Å². The maximum absolute atomic E-state index is 12.6. The van der Waals surface area contributed by atoms with Crippen molar-refractivity contribution < 1.29 is 9.59 Å². The Morgan fingerprint density at radius 2 is 1.91 bits per heavy atom. The van der Waals surface area contributed by atoms with Crippen LogP contribution in [-0.4, -0.2) is 29.4 Å². The summed E-state index contributed by atoms with van der Waals surface area (Å²) in [5.74, 6) is -0.435. The Morgan fingerprint density at radius 3 is 2.57 bits per heavy atom. The molecule has 2 rings (SSSR count). The van der Waals surface area contributed by atoms with Gasteiger partial charge in [-0.2, -0.15) is 0 Å². The zero-order valence-electron chi connectivity index (χ0n) is 14.1. The molecule has 0 fully saturated rings. The van der Waals surface area contributed by atoms with Crippen LogP contribution in [-0.2, 0) is 11.2 Å². The summed E-state index contributed by atoms with van der Waals surface area (Å²) in [7, 11) is 0. The zero-order chi connectivity index (χ0) is 17.0. The maximum Gasteiger partial charge on any atom is 0.252 e. The van der Waals surface area contributed by atoms with Gasteiger partial charge < -0.3 is 10.6 Å². The minimum atomic E-state index is -0.241. The molecular weight excluding hydrogens is 290 g/mol. The molecule has 0 aliphatic heterocycles. The molecule has 1 aromatic heterocycles. The van der Waals surface area contributed by atoms with Crippen molar-refractivity contribution in [2.45, 2.75) is 40.2 Å². The lowest BCUT2D eigenvalue weighted by molar-refractivity contribution is -0.120. The molecule has 0 spiro atoms. The molecule has 1 heterocycles. The summed E-state index contributed by atoms with van der Waals surface area (Å²) in [5, 5.41) is 6.28. The molecule has 5 nitrogen and oxygen atoms in total. The second-order valence-corrected chi connectivity index (χ2v) is 5.83. The molecule has 0 aliphatic rings. The number of aromatic nitrogens is 1. The van der Waals surface area contributed by atoms with E-state index in [1.807, 2.05) is 52.0 Å². The minimum absolute atomic E-state index is 0.0332. The van der Waals surface area contributed by atoms with Gasteiger partial charge in [-0.05, 0) is 38.8 Å². The Hall–Kier alpha value is -2.43. The summed E-state index contributed by atoms with van der Waals surface area (Å²) in [6.07, 6.45) is 0.755. The van der Waals surface area contributed by atoms with Crippen molar-refractivity contribution in [1.29, 1.82) is 0 Å². The van der Waals surface area contributed by atoms with E-state index >= 15 is 0 Å². The Bertz CT molecular complexity index is 738. The SMILES string of the molecule is CCc1nc2ccccc2c(C(=O)NCC(=O)NC(C)C)c1C. The van der Waals surface area contributed by atoms with Crippen molar-refractivity contribution in [3.05, 3.63) is 41.1 Å². The van der Waals surface area contributed by atoms with Gasteiger partial charge in [0.1, 0.15) is 0 Å². The van der Waals surface area contributed by atoms with Crippen LogP contribution >= 0.6 is 0 Å². The lowest BCUT2D eigenvalue weighted by atomic mass is 9.99. The number of rotatable bonds is 5. The van der Waals surface area contributed by atoms with Crippen molar-refractivity contribution in [2.75, 3.05) is 6.54 Å². The third-order valence-corrected chi connectivity index (χ3v) is 3.66. The quantitative estimate of drug-likeness (QED) is 0.890. The summed E-state index contributed by atoms with van der Waals surface area (Å²) < 4.78 is 0. The maximum atomic E-state index is 12.6. The summed E-state index contributed by atoms with van der Waals surface area (Å²) in [6.45, 7) is 7.65. The van der Waals surface area contributed by atoms with Crippen molar-refractivity contribution in [3.8, 4) is 0 Å². The van der Waals surface area contributed by atoms with Crippen LogP contribution in [0.15, 0.2) is 24.3 Å². The summed E-state index contributed by atoms with van der Waals surface area (Å²) in [5.41, 5.74) is 3.17. The molecule has 2 aromatic rings. The van der Waals surface area contributed by atoms with Crippen molar-refractivity contribution in [3.63, 3.8) is 0 Å². The second kappa shape index (κ2) is 7.22. The molecule has 23 heavy (non-hydrogen) atoms. The molecule has 0 saturated heterocycles. The molecule has 2 amide bonds. The van der Waals surface area contributed by atoms with Gasteiger partial charge in [-0.15, -0.1) is 0 Å². The van der Waals surface area contributed by atoms with Crippen LogP contribution in [0.4, 0.5) is 0 Å². The predicted octanol–water partition coefficient (Wildman–Crippen LogP) is 2.36. The van der Waals surface area contributed by atoms with E-state index in [4.69, 9.17) is 0 Å². The number of hydrogen-bond acceptors (Lipinski definition) is 3. The predicted molar refractivity (Wildman–Crippen MR) is 91.5 cm³/mol. The second-order valence-electron chi connectivity index (χ2n) is 5.83. The number of para-hydroxylation sites is 1. The Morgan fingerprint density at radius 1 is 1.22 bits per heavy atom. The largest absolute Gasteiger partial charge is 0.352 e. The first kappa shape index (κ1) is 16.9. The number of pyridine rings is 1. The fraction of sp³-hybridized carbons (Fsp3) is 0.389. The lowest BCUT2D eigenvalue weighted by Crippen LogP contribution is -2.40. The monoisotopic (exact) mass is 313 g/mol. The molecule has 1 aromatic carbocycles. The van der Waals surface area contributed by atoms with Gasteiger partial charge in [0.25, 0.3) is 5.91 Å². The van der Waals surface area contributed by atoms with Gasteiger partial charge in [-0.25, -0.2) is 0 Å². The first-order chi connectivity index (χ1) is 10.9. The molecule has 0 atom stereocenters. The van der Waals surface area contributed by atoms with Crippen LogP contribution < -0.4 is 10.6 Å². The number of carbonyl (C=O) groups is 2. The highest BCUT2D eigenvalue weighted by Gasteiger charge is 2.17. The highest BCUT2D eigenvalue weighted by Crippen LogP contribution is 2.23. The minimum Gasteiger partial charge on any atom is -0.352 e. The van der Waals surface area contributed by atoms with Crippen LogP contribution in [0, 0.1) is 6.92 Å². The number of fused-ring (bicyclic) bond motifs is 1. The van der Waals surface area contributed by atoms with E-state index in [9.17, 15) is 9.59 Å². The molecule has 0 bridgehead atoms. The fourth-order valence-corrected chi connectivity index (χ4v) is 2.62. The smallest absolute Gasteiger partial charge is 0.252 e. The van der Waals surface area contributed by atoms with Crippen molar-refractivity contribution >= 4 is 22.7 Å². The number of carbonyl (C=O) groups excluding carboxylic acids is 2. The number of benzene rings is 1. The Balaban J connectivity index is 2.32. The van der Waals surface area contributed by atoms with E-state index in [1.54, 1.807) is 0 Å². The van der Waals surface area contributed by atoms with E-state index in [1.165, 1.54) is 0 Å². The third-order valence-electron chi connectivity index (χ3n) is 3.66. The van der Waals surface area contributed by atoms with E-state index in [0.717, 1.165) is 28.6 Å². The van der Waals surface area contributed by atoms with Crippen LogP contribution in [0.2, 0.25) is 0 Å². The Kier molecular flexibility index (Phi) is 5.32. The molecule has 0 saturated carbocycles. The number of amides is 2. The average Bonchev–Trinajstić information content (AvgIpc) is 2.51. The first-order valence-electron chi connectivity index (χ1n) is 7.89. The summed E-state index contributed by atoms with van der Waals surface area (Å²) in [6, 6.07) is 7.63. The number of nitrogens with one attached hydrogen (secondary N) is 2. The number of aryl methyl sites for hydroxylation is 1. The number of nitrogens with zero attached hydrogens (tertiary/aromatic N) is 1. The molecule has 122 valence electrons. The van der Waals surface area contributed by atoms with Crippen LogP contribution in [0.3, 0.4) is 0 Å². The van der Waals surface area contributed by atoms with Crippen molar-refractivity contribution in [1.82, 2.24) is 15.6 Å². The van der Waals surface area contributed by atoms with Crippen LogP contribution in [0.5, 0.6) is 0 Å². The molecule has 0 unspecified atom stereocenters. The van der Waals surface area contributed by atoms with E-state index in [0.29, 0.717) is 5.56 Å². The first-order valence-corrected chi connectivity index (χ1v) is 7.89. The number of hydrogen-bond donors (Lipinski definition) is 2. The summed E-state index contributed by atoms with van der Waals surface area (Å²) >= 11 is 0. The van der Waals surface area contributed by atoms with Gasteiger partial charge in [0.05, 0.1) is 17.6 Å². The van der Waals surface area contributed by atoms with Crippen LogP contribution in [0.1, 0.15) is 42.4 Å². The standard InChI is InChI=1S/C18H23N3O2/c1-5-14-12(4)17(13-8-6-7-9-15(13)21-14)18(23)19-10-16(22)20-11(2)3/h6-9,11H,5,10H2,1-4H3,(H,19,23)(H,20,22). The van der Waals surface area contributed by atoms with Crippen LogP contribution in [0.25, 0.3) is 10.9 Å². The van der Waals surface area contributed by atoms with E-state index < -0.39 is 0 Å². The van der Waals surface area contributed by atoms with Gasteiger partial charge in [-0.3, -0.25) is 14.6 Å². The normalized spacial score (nSPS) is 10.8. The van der Waals surface area contributed by atoms with Gasteiger partial charge >= 0.3 is 0 Å². The fourth-order valence-electron chi connectivity index (χ4n) is 2.62. The zero-order valence-corrected chi connectivity index (χ0v) is 14.1. The van der Waals surface area contributed by atoms with E-state index in [-0.39, 0.29) is 24.4 Å².